The van der Waals surface area contributed by atoms with Gasteiger partial charge in [0.05, 0.1) is 12.9 Å². The molecule has 6 nitrogen and oxygen atoms in total. The Morgan fingerprint density at radius 3 is 2.69 bits per heavy atom. The first kappa shape index (κ1) is 18.8. The van der Waals surface area contributed by atoms with Crippen LogP contribution < -0.4 is 4.74 Å². The van der Waals surface area contributed by atoms with Crippen molar-refractivity contribution in [3.8, 4) is 17.1 Å². The van der Waals surface area contributed by atoms with E-state index in [0.717, 1.165) is 48.2 Å². The number of rotatable bonds is 6. The third-order valence-electron chi connectivity index (χ3n) is 4.83. The van der Waals surface area contributed by atoms with Gasteiger partial charge in [-0.1, -0.05) is 11.8 Å². The van der Waals surface area contributed by atoms with Crippen molar-refractivity contribution in [1.82, 2.24) is 19.7 Å². The van der Waals surface area contributed by atoms with Crippen molar-refractivity contribution in [3.05, 3.63) is 24.3 Å². The van der Waals surface area contributed by atoms with Crippen LogP contribution in [0.15, 0.2) is 29.4 Å². The Labute approximate surface area is 158 Å². The molecule has 7 heteroatoms. The van der Waals surface area contributed by atoms with Gasteiger partial charge < -0.3 is 14.2 Å². The fourth-order valence-electron chi connectivity index (χ4n) is 3.31. The predicted octanol–water partition coefficient (Wildman–Crippen LogP) is 3.47. The maximum absolute atomic E-state index is 12.6. The molecule has 0 radical (unpaired) electrons. The highest BCUT2D eigenvalue weighted by Crippen LogP contribution is 2.26. The van der Waals surface area contributed by atoms with Crippen LogP contribution in [0.1, 0.15) is 33.1 Å². The van der Waals surface area contributed by atoms with Crippen molar-refractivity contribution in [2.45, 2.75) is 50.9 Å². The van der Waals surface area contributed by atoms with Gasteiger partial charge in [-0.3, -0.25) is 4.79 Å². The van der Waals surface area contributed by atoms with Crippen molar-refractivity contribution < 1.29 is 9.53 Å². The Balaban J connectivity index is 1.70. The Kier molecular flexibility index (Phi) is 6.19. The molecule has 1 amide bonds. The fraction of sp³-hybridized carbons (Fsp3) is 0.526. The summed E-state index contributed by atoms with van der Waals surface area (Å²) in [4.78, 5) is 14.6. The van der Waals surface area contributed by atoms with Crippen LogP contribution in [0, 0.1) is 0 Å². The normalized spacial score (nSPS) is 17.3. The number of piperidine rings is 1. The van der Waals surface area contributed by atoms with Crippen LogP contribution in [-0.4, -0.2) is 51.0 Å². The average Bonchev–Trinajstić information content (AvgIpc) is 3.09. The smallest absolute Gasteiger partial charge is 0.233 e. The molecule has 0 bridgehead atoms. The summed E-state index contributed by atoms with van der Waals surface area (Å²) < 4.78 is 7.26. The van der Waals surface area contributed by atoms with Gasteiger partial charge in [0.15, 0.2) is 11.0 Å². The summed E-state index contributed by atoms with van der Waals surface area (Å²) in [6.07, 6.45) is 3.42. The van der Waals surface area contributed by atoms with Gasteiger partial charge in [0, 0.05) is 24.7 Å². The third-order valence-corrected chi connectivity index (χ3v) is 5.78. The van der Waals surface area contributed by atoms with Crippen molar-refractivity contribution in [2.75, 3.05) is 19.4 Å². The number of benzene rings is 1. The standard InChI is InChI=1S/C19H26N4O2S/c1-4-22-18(15-8-10-16(25-3)11-9-15)20-21-19(22)26-13-17(24)23-12-6-5-7-14(23)2/h8-11,14H,4-7,12-13H2,1-3H3. The number of aromatic nitrogens is 3. The first-order valence-electron chi connectivity index (χ1n) is 9.14. The monoisotopic (exact) mass is 374 g/mol. The van der Waals surface area contributed by atoms with Gasteiger partial charge in [-0.05, 0) is 57.4 Å². The number of nitrogens with zero attached hydrogens (tertiary/aromatic N) is 4. The summed E-state index contributed by atoms with van der Waals surface area (Å²) in [5, 5.41) is 9.45. The number of carbonyl (C=O) groups is 1. The van der Waals surface area contributed by atoms with Gasteiger partial charge in [0.1, 0.15) is 5.75 Å². The number of ether oxygens (including phenoxy) is 1. The molecule has 1 saturated heterocycles. The number of likely N-dealkylation sites (tertiary alicyclic amines) is 1. The van der Waals surface area contributed by atoms with Crippen molar-refractivity contribution in [1.29, 1.82) is 0 Å². The molecular formula is C19H26N4O2S. The van der Waals surface area contributed by atoms with Gasteiger partial charge in [-0.15, -0.1) is 10.2 Å². The zero-order chi connectivity index (χ0) is 18.5. The Morgan fingerprint density at radius 2 is 2.04 bits per heavy atom. The van der Waals surface area contributed by atoms with E-state index in [2.05, 4.69) is 28.6 Å². The highest BCUT2D eigenvalue weighted by Gasteiger charge is 2.24. The number of hydrogen-bond acceptors (Lipinski definition) is 5. The lowest BCUT2D eigenvalue weighted by molar-refractivity contribution is -0.131. The van der Waals surface area contributed by atoms with Gasteiger partial charge in [0.25, 0.3) is 0 Å². The minimum Gasteiger partial charge on any atom is -0.497 e. The second kappa shape index (κ2) is 8.58. The first-order chi connectivity index (χ1) is 12.6. The van der Waals surface area contributed by atoms with E-state index in [1.165, 1.54) is 18.2 Å². The molecule has 1 aromatic carbocycles. The number of methoxy groups -OCH3 is 1. The van der Waals surface area contributed by atoms with Gasteiger partial charge in [-0.25, -0.2) is 0 Å². The molecule has 1 atom stereocenters. The Hall–Kier alpha value is -2.02. The molecule has 1 aliphatic rings. The van der Waals surface area contributed by atoms with E-state index in [-0.39, 0.29) is 5.91 Å². The lowest BCUT2D eigenvalue weighted by Crippen LogP contribution is -2.43. The molecule has 1 unspecified atom stereocenters. The number of amides is 1. The second-order valence-electron chi connectivity index (χ2n) is 6.50. The summed E-state index contributed by atoms with van der Waals surface area (Å²) in [6.45, 7) is 5.83. The van der Waals surface area contributed by atoms with Crippen LogP contribution in [-0.2, 0) is 11.3 Å². The maximum atomic E-state index is 12.6. The minimum atomic E-state index is 0.193. The molecule has 0 N–H and O–H groups in total. The third kappa shape index (κ3) is 4.03. The van der Waals surface area contributed by atoms with Crippen LogP contribution in [0.25, 0.3) is 11.4 Å². The molecule has 140 valence electrons. The zero-order valence-corrected chi connectivity index (χ0v) is 16.5. The molecule has 1 aliphatic heterocycles. The van der Waals surface area contributed by atoms with Crippen molar-refractivity contribution in [3.63, 3.8) is 0 Å². The number of carbonyl (C=O) groups excluding carboxylic acids is 1. The topological polar surface area (TPSA) is 60.2 Å². The van der Waals surface area contributed by atoms with Crippen LogP contribution in [0.3, 0.4) is 0 Å². The Morgan fingerprint density at radius 1 is 1.27 bits per heavy atom. The molecule has 0 saturated carbocycles. The second-order valence-corrected chi connectivity index (χ2v) is 7.44. The maximum Gasteiger partial charge on any atom is 0.233 e. The largest absolute Gasteiger partial charge is 0.497 e. The van der Waals surface area contributed by atoms with Crippen molar-refractivity contribution in [2.24, 2.45) is 0 Å². The summed E-state index contributed by atoms with van der Waals surface area (Å²) in [5.74, 6) is 2.23. The highest BCUT2D eigenvalue weighted by molar-refractivity contribution is 7.99. The molecule has 2 heterocycles. The molecular weight excluding hydrogens is 348 g/mol. The average molecular weight is 375 g/mol. The molecule has 3 rings (SSSR count). The van der Waals surface area contributed by atoms with Crippen molar-refractivity contribution >= 4 is 17.7 Å². The lowest BCUT2D eigenvalue weighted by Gasteiger charge is -2.33. The van der Waals surface area contributed by atoms with Crippen LogP contribution in [0.4, 0.5) is 0 Å². The summed E-state index contributed by atoms with van der Waals surface area (Å²) in [7, 11) is 1.65. The van der Waals surface area contributed by atoms with E-state index in [1.54, 1.807) is 7.11 Å². The van der Waals surface area contributed by atoms with Crippen LogP contribution in [0.5, 0.6) is 5.75 Å². The van der Waals surface area contributed by atoms with Gasteiger partial charge >= 0.3 is 0 Å². The SMILES string of the molecule is CCn1c(SCC(=O)N2CCCCC2C)nnc1-c1ccc(OC)cc1. The fourth-order valence-corrected chi connectivity index (χ4v) is 4.20. The van der Waals surface area contributed by atoms with Crippen LogP contribution in [0.2, 0.25) is 0 Å². The van der Waals surface area contributed by atoms with E-state index in [9.17, 15) is 4.79 Å². The van der Waals surface area contributed by atoms with E-state index in [0.29, 0.717) is 11.8 Å². The van der Waals surface area contributed by atoms with E-state index in [4.69, 9.17) is 4.74 Å². The molecule has 26 heavy (non-hydrogen) atoms. The highest BCUT2D eigenvalue weighted by atomic mass is 32.2. The Bertz CT molecular complexity index is 744. The van der Waals surface area contributed by atoms with E-state index >= 15 is 0 Å². The number of thioether (sulfide) groups is 1. The molecule has 0 spiro atoms. The molecule has 1 fully saturated rings. The van der Waals surface area contributed by atoms with Crippen LogP contribution >= 0.6 is 11.8 Å². The van der Waals surface area contributed by atoms with E-state index in [1.807, 2.05) is 29.2 Å². The molecule has 0 aliphatic carbocycles. The predicted molar refractivity (Wildman–Crippen MR) is 103 cm³/mol. The lowest BCUT2D eigenvalue weighted by atomic mass is 10.0. The van der Waals surface area contributed by atoms with E-state index < -0.39 is 0 Å². The van der Waals surface area contributed by atoms with Gasteiger partial charge in [-0.2, -0.15) is 0 Å². The number of hydrogen-bond donors (Lipinski definition) is 0. The zero-order valence-electron chi connectivity index (χ0n) is 15.6. The molecule has 2 aromatic rings. The summed E-state index contributed by atoms with van der Waals surface area (Å²) in [6, 6.07) is 8.13. The quantitative estimate of drug-likeness (QED) is 0.725. The molecule has 1 aromatic heterocycles. The summed E-state index contributed by atoms with van der Waals surface area (Å²) >= 11 is 1.47. The van der Waals surface area contributed by atoms with Gasteiger partial charge in [0.2, 0.25) is 5.91 Å². The first-order valence-corrected chi connectivity index (χ1v) is 10.1. The minimum absolute atomic E-state index is 0.193. The summed E-state index contributed by atoms with van der Waals surface area (Å²) in [5.41, 5.74) is 0.989.